The molecular weight excluding hydrogens is 300 g/mol. The highest BCUT2D eigenvalue weighted by molar-refractivity contribution is 5.78. The van der Waals surface area contributed by atoms with Gasteiger partial charge in [0.1, 0.15) is 0 Å². The first-order valence-electron chi connectivity index (χ1n) is 9.86. The van der Waals surface area contributed by atoms with E-state index in [9.17, 15) is 4.79 Å². The molecule has 0 saturated carbocycles. The van der Waals surface area contributed by atoms with E-state index in [0.29, 0.717) is 6.04 Å². The fraction of sp³-hybridized carbons (Fsp3) is 0.947. The van der Waals surface area contributed by atoms with Gasteiger partial charge < -0.3 is 15.1 Å². The van der Waals surface area contributed by atoms with Gasteiger partial charge in [-0.2, -0.15) is 0 Å². The van der Waals surface area contributed by atoms with E-state index in [0.717, 1.165) is 65.2 Å². The van der Waals surface area contributed by atoms with E-state index in [1.165, 1.54) is 0 Å². The molecule has 0 atom stereocenters. The molecule has 0 unspecified atom stereocenters. The third kappa shape index (κ3) is 5.17. The van der Waals surface area contributed by atoms with Gasteiger partial charge in [-0.05, 0) is 33.2 Å². The summed E-state index contributed by atoms with van der Waals surface area (Å²) in [4.78, 5) is 20.0. The third-order valence-electron chi connectivity index (χ3n) is 5.84. The largest absolute Gasteiger partial charge is 0.349 e. The average Bonchev–Trinajstić information content (AvgIpc) is 2.55. The summed E-state index contributed by atoms with van der Waals surface area (Å²) >= 11 is 0. The van der Waals surface area contributed by atoms with Crippen molar-refractivity contribution in [1.82, 2.24) is 20.0 Å². The first-order chi connectivity index (χ1) is 11.3. The lowest BCUT2D eigenvalue weighted by molar-refractivity contribution is -0.127. The lowest BCUT2D eigenvalue weighted by Gasteiger charge is -2.47. The first-order valence-corrected chi connectivity index (χ1v) is 9.86. The summed E-state index contributed by atoms with van der Waals surface area (Å²) < 4.78 is 0. The van der Waals surface area contributed by atoms with Gasteiger partial charge in [-0.15, -0.1) is 0 Å². The van der Waals surface area contributed by atoms with Crippen LogP contribution in [0.15, 0.2) is 0 Å². The zero-order valence-electron chi connectivity index (χ0n) is 16.5. The zero-order valence-corrected chi connectivity index (χ0v) is 16.5. The highest BCUT2D eigenvalue weighted by Gasteiger charge is 2.38. The molecule has 2 rings (SSSR count). The number of nitrogens with one attached hydrogen (secondary N) is 1. The second kappa shape index (κ2) is 8.63. The Hall–Kier alpha value is -0.650. The van der Waals surface area contributed by atoms with Crippen LogP contribution in [0.3, 0.4) is 0 Å². The van der Waals surface area contributed by atoms with Crippen LogP contribution in [0.4, 0.5) is 0 Å². The van der Waals surface area contributed by atoms with Gasteiger partial charge in [0.15, 0.2) is 0 Å². The van der Waals surface area contributed by atoms with E-state index in [-0.39, 0.29) is 17.4 Å². The van der Waals surface area contributed by atoms with Crippen molar-refractivity contribution < 1.29 is 4.79 Å². The molecule has 2 heterocycles. The first kappa shape index (κ1) is 19.7. The predicted molar refractivity (Wildman–Crippen MR) is 100 cm³/mol. The highest BCUT2D eigenvalue weighted by atomic mass is 16.2. The van der Waals surface area contributed by atoms with Crippen LogP contribution in [0.2, 0.25) is 0 Å². The molecule has 2 aliphatic heterocycles. The number of amides is 1. The van der Waals surface area contributed by atoms with Gasteiger partial charge in [0.05, 0.1) is 5.54 Å². The lowest BCUT2D eigenvalue weighted by Crippen LogP contribution is -2.63. The molecule has 1 amide bonds. The van der Waals surface area contributed by atoms with Crippen LogP contribution in [-0.2, 0) is 4.79 Å². The van der Waals surface area contributed by atoms with Gasteiger partial charge in [-0.3, -0.25) is 9.69 Å². The number of likely N-dealkylation sites (N-methyl/N-ethyl adjacent to an activating group) is 1. The number of likely N-dealkylation sites (tertiary alicyclic amines) is 1. The second-order valence-corrected chi connectivity index (χ2v) is 8.26. The average molecular weight is 339 g/mol. The normalized spacial score (nSPS) is 23.8. The topological polar surface area (TPSA) is 38.8 Å². The Balaban J connectivity index is 2.00. The van der Waals surface area contributed by atoms with Crippen molar-refractivity contribution in [2.45, 2.75) is 59.0 Å². The number of carbonyl (C=O) groups is 1. The van der Waals surface area contributed by atoms with Crippen LogP contribution >= 0.6 is 0 Å². The Morgan fingerprint density at radius 3 is 1.96 bits per heavy atom. The highest BCUT2D eigenvalue weighted by Crippen LogP contribution is 2.26. The van der Waals surface area contributed by atoms with Crippen LogP contribution in [-0.4, -0.2) is 84.5 Å². The number of piperidine rings is 1. The van der Waals surface area contributed by atoms with Gasteiger partial charge in [0.2, 0.25) is 5.91 Å². The van der Waals surface area contributed by atoms with Crippen molar-refractivity contribution >= 4 is 5.91 Å². The van der Waals surface area contributed by atoms with E-state index in [1.807, 2.05) is 13.8 Å². The summed E-state index contributed by atoms with van der Waals surface area (Å²) in [6.07, 6.45) is 2.13. The van der Waals surface area contributed by atoms with Gasteiger partial charge in [-0.1, -0.05) is 20.8 Å². The molecule has 24 heavy (non-hydrogen) atoms. The maximum absolute atomic E-state index is 12.4. The molecule has 0 aromatic rings. The zero-order chi connectivity index (χ0) is 17.7. The number of nitrogens with zero attached hydrogens (tertiary/aromatic N) is 3. The summed E-state index contributed by atoms with van der Waals surface area (Å²) in [5.74, 6) is 0.266. The summed E-state index contributed by atoms with van der Waals surface area (Å²) in [5, 5.41) is 3.44. The summed E-state index contributed by atoms with van der Waals surface area (Å²) in [6, 6.07) is 0.594. The Labute approximate surface area is 148 Å². The molecule has 2 fully saturated rings. The van der Waals surface area contributed by atoms with E-state index in [4.69, 9.17) is 0 Å². The summed E-state index contributed by atoms with van der Waals surface area (Å²) in [7, 11) is 0. The lowest BCUT2D eigenvalue weighted by atomic mass is 9.85. The van der Waals surface area contributed by atoms with E-state index < -0.39 is 0 Å². The number of carbonyl (C=O) groups excluding carboxylic acids is 1. The fourth-order valence-corrected chi connectivity index (χ4v) is 3.89. The van der Waals surface area contributed by atoms with Crippen molar-refractivity contribution in [3.8, 4) is 0 Å². The number of rotatable bonds is 6. The molecule has 0 bridgehead atoms. The molecule has 2 saturated heterocycles. The Kier molecular flexibility index (Phi) is 7.08. The number of hydrogen-bond donors (Lipinski definition) is 1. The molecular formula is C19H38N4O. The molecule has 140 valence electrons. The molecule has 2 aliphatic rings. The molecule has 1 N–H and O–H groups in total. The van der Waals surface area contributed by atoms with Crippen LogP contribution in [0.5, 0.6) is 0 Å². The van der Waals surface area contributed by atoms with E-state index >= 15 is 0 Å². The number of piperazine rings is 1. The smallest absolute Gasteiger partial charge is 0.223 e. The molecule has 0 aliphatic carbocycles. The minimum Gasteiger partial charge on any atom is -0.349 e. The second-order valence-electron chi connectivity index (χ2n) is 8.26. The van der Waals surface area contributed by atoms with Gasteiger partial charge in [-0.25, -0.2) is 0 Å². The van der Waals surface area contributed by atoms with E-state index in [2.05, 4.69) is 40.8 Å². The van der Waals surface area contributed by atoms with Gasteiger partial charge in [0.25, 0.3) is 0 Å². The molecule has 0 spiro atoms. The van der Waals surface area contributed by atoms with Crippen molar-refractivity contribution in [2.75, 3.05) is 52.4 Å². The van der Waals surface area contributed by atoms with E-state index in [1.54, 1.807) is 0 Å². The van der Waals surface area contributed by atoms with Gasteiger partial charge >= 0.3 is 0 Å². The molecule has 0 aromatic carbocycles. The summed E-state index contributed by atoms with van der Waals surface area (Å²) in [6.45, 7) is 19.7. The van der Waals surface area contributed by atoms with Crippen LogP contribution in [0.1, 0.15) is 47.5 Å². The number of hydrogen-bond acceptors (Lipinski definition) is 4. The van der Waals surface area contributed by atoms with Crippen LogP contribution < -0.4 is 5.32 Å². The van der Waals surface area contributed by atoms with Crippen molar-refractivity contribution in [3.63, 3.8) is 0 Å². The minimum absolute atomic E-state index is 0.0405. The summed E-state index contributed by atoms with van der Waals surface area (Å²) in [5.41, 5.74) is -0.0405. The Morgan fingerprint density at radius 2 is 1.50 bits per heavy atom. The molecule has 0 radical (unpaired) electrons. The third-order valence-corrected chi connectivity index (χ3v) is 5.84. The molecule has 5 nitrogen and oxygen atoms in total. The van der Waals surface area contributed by atoms with Crippen molar-refractivity contribution in [1.29, 1.82) is 0 Å². The maximum atomic E-state index is 12.4. The van der Waals surface area contributed by atoms with Crippen molar-refractivity contribution in [2.24, 2.45) is 5.92 Å². The molecule has 5 heteroatoms. The molecule has 0 aromatic heterocycles. The van der Waals surface area contributed by atoms with Gasteiger partial charge in [0, 0.05) is 57.8 Å². The van der Waals surface area contributed by atoms with Crippen LogP contribution in [0.25, 0.3) is 0 Å². The maximum Gasteiger partial charge on any atom is 0.223 e. The monoisotopic (exact) mass is 338 g/mol. The predicted octanol–water partition coefficient (Wildman–Crippen LogP) is 1.64. The van der Waals surface area contributed by atoms with Crippen molar-refractivity contribution in [3.05, 3.63) is 0 Å². The minimum atomic E-state index is -0.0405. The van der Waals surface area contributed by atoms with Crippen LogP contribution in [0, 0.1) is 5.92 Å². The fourth-order valence-electron chi connectivity index (χ4n) is 3.89. The SMILES string of the molecule is CCN1CCN(CC2(NC(=O)C(C)C)CCN(C(C)C)CC2)CC1. The quantitative estimate of drug-likeness (QED) is 0.799. The standard InChI is InChI=1S/C19H38N4O/c1-6-21-11-13-22(14-12-21)15-19(20-18(24)16(2)3)7-9-23(10-8-19)17(4)5/h16-17H,6-15H2,1-5H3,(H,20,24). The Bertz CT molecular complexity index is 394. The Morgan fingerprint density at radius 1 is 0.958 bits per heavy atom.